The molecule has 0 unspecified atom stereocenters. The number of hydrogen-bond acceptors (Lipinski definition) is 3. The summed E-state index contributed by atoms with van der Waals surface area (Å²) in [5.74, 6) is -1.81. The summed E-state index contributed by atoms with van der Waals surface area (Å²) in [4.78, 5) is 3.66. The number of nitriles is 1. The average Bonchev–Trinajstić information content (AvgIpc) is 2.73. The lowest BCUT2D eigenvalue weighted by Gasteiger charge is -2.02. The van der Waals surface area contributed by atoms with Gasteiger partial charge in [-0.25, -0.2) is 18.4 Å². The molecule has 1 aromatic carbocycles. The van der Waals surface area contributed by atoms with E-state index in [4.69, 9.17) is 5.26 Å². The third-order valence-electron chi connectivity index (χ3n) is 2.00. The molecule has 0 radical (unpaired) electrons. The number of aromatic nitrogens is 3. The second-order valence-corrected chi connectivity index (χ2v) is 3.09. The molecule has 0 N–H and O–H groups in total. The Kier molecular flexibility index (Phi) is 2.60. The molecule has 1 heterocycles. The summed E-state index contributed by atoms with van der Waals surface area (Å²) in [6.07, 6.45) is 1.29. The number of nitrogens with zero attached hydrogens (tertiary/aromatic N) is 4. The zero-order valence-corrected chi connectivity index (χ0v) is 8.06. The molecule has 80 valence electrons. The number of halogens is 2. The number of hydrogen-bond donors (Lipinski definition) is 0. The molecule has 2 aromatic rings. The summed E-state index contributed by atoms with van der Waals surface area (Å²) in [6.45, 7) is 0.0400. The Balaban J connectivity index is 2.27. The first-order chi connectivity index (χ1) is 7.70. The van der Waals surface area contributed by atoms with Crippen molar-refractivity contribution in [2.45, 2.75) is 6.54 Å². The van der Waals surface area contributed by atoms with Crippen LogP contribution in [0.4, 0.5) is 8.78 Å². The quantitative estimate of drug-likeness (QED) is 0.770. The van der Waals surface area contributed by atoms with Crippen molar-refractivity contribution in [1.29, 1.82) is 5.26 Å². The van der Waals surface area contributed by atoms with Gasteiger partial charge in [0.1, 0.15) is 12.4 Å². The molecule has 0 aliphatic heterocycles. The molecule has 2 rings (SSSR count). The highest BCUT2D eigenvalue weighted by molar-refractivity contribution is 5.19. The van der Waals surface area contributed by atoms with Crippen molar-refractivity contribution in [3.8, 4) is 6.07 Å². The lowest BCUT2D eigenvalue weighted by Crippen LogP contribution is -2.04. The maximum Gasteiger partial charge on any atom is 0.252 e. The fraction of sp³-hybridized carbons (Fsp3) is 0.100. The lowest BCUT2D eigenvalue weighted by atomic mass is 10.2. The molecular formula is C10H6F2N4. The minimum absolute atomic E-state index is 0.00295. The Morgan fingerprint density at radius 1 is 1.38 bits per heavy atom. The molecule has 0 bridgehead atoms. The predicted molar refractivity (Wildman–Crippen MR) is 50.2 cm³/mol. The third-order valence-corrected chi connectivity index (χ3v) is 2.00. The van der Waals surface area contributed by atoms with E-state index < -0.39 is 11.6 Å². The van der Waals surface area contributed by atoms with E-state index in [0.717, 1.165) is 6.07 Å². The Bertz CT molecular complexity index is 556. The van der Waals surface area contributed by atoms with E-state index in [2.05, 4.69) is 10.1 Å². The average molecular weight is 220 g/mol. The van der Waals surface area contributed by atoms with Crippen molar-refractivity contribution < 1.29 is 8.78 Å². The molecule has 0 saturated heterocycles. The SMILES string of the molecule is N#Cc1ncn(Cc2cccc(F)c2F)n1. The monoisotopic (exact) mass is 220 g/mol. The highest BCUT2D eigenvalue weighted by atomic mass is 19.2. The van der Waals surface area contributed by atoms with E-state index in [1.807, 2.05) is 0 Å². The van der Waals surface area contributed by atoms with Gasteiger partial charge in [0.15, 0.2) is 11.6 Å². The summed E-state index contributed by atoms with van der Waals surface area (Å²) in [5, 5.41) is 12.2. The van der Waals surface area contributed by atoms with Crippen LogP contribution < -0.4 is 0 Å². The van der Waals surface area contributed by atoms with E-state index in [0.29, 0.717) is 0 Å². The van der Waals surface area contributed by atoms with Crippen LogP contribution in [0.25, 0.3) is 0 Å². The van der Waals surface area contributed by atoms with Crippen LogP contribution in [0.1, 0.15) is 11.4 Å². The van der Waals surface area contributed by atoms with Crippen molar-refractivity contribution >= 4 is 0 Å². The van der Waals surface area contributed by atoms with Crippen molar-refractivity contribution in [3.63, 3.8) is 0 Å². The summed E-state index contributed by atoms with van der Waals surface area (Å²) < 4.78 is 27.4. The third kappa shape index (κ3) is 1.88. The molecule has 0 atom stereocenters. The van der Waals surface area contributed by atoms with Gasteiger partial charge in [0.25, 0.3) is 5.82 Å². The summed E-state index contributed by atoms with van der Waals surface area (Å²) in [5.41, 5.74) is 0.161. The first-order valence-electron chi connectivity index (χ1n) is 4.43. The topological polar surface area (TPSA) is 54.5 Å². The van der Waals surface area contributed by atoms with Crippen LogP contribution in [0.5, 0.6) is 0 Å². The second kappa shape index (κ2) is 4.06. The number of benzene rings is 1. The van der Waals surface area contributed by atoms with Gasteiger partial charge < -0.3 is 0 Å². The zero-order valence-electron chi connectivity index (χ0n) is 8.06. The lowest BCUT2D eigenvalue weighted by molar-refractivity contribution is 0.491. The van der Waals surface area contributed by atoms with E-state index in [1.165, 1.54) is 23.1 Å². The van der Waals surface area contributed by atoms with Crippen molar-refractivity contribution in [1.82, 2.24) is 14.8 Å². The van der Waals surface area contributed by atoms with Crippen LogP contribution in [0.2, 0.25) is 0 Å². The standard InChI is InChI=1S/C10H6F2N4/c11-8-3-1-2-7(10(8)12)5-16-6-14-9(4-13)15-16/h1-3,6H,5H2. The Hall–Kier alpha value is -2.29. The van der Waals surface area contributed by atoms with Crippen LogP contribution in [0.15, 0.2) is 24.5 Å². The van der Waals surface area contributed by atoms with Gasteiger partial charge in [-0.3, -0.25) is 0 Å². The first kappa shape index (κ1) is 10.2. The molecule has 0 aliphatic carbocycles. The van der Waals surface area contributed by atoms with Gasteiger partial charge in [0.2, 0.25) is 0 Å². The maximum atomic E-state index is 13.3. The Morgan fingerprint density at radius 3 is 2.88 bits per heavy atom. The van der Waals surface area contributed by atoms with Crippen molar-refractivity contribution in [2.24, 2.45) is 0 Å². The smallest absolute Gasteiger partial charge is 0.247 e. The van der Waals surface area contributed by atoms with Crippen LogP contribution in [0.3, 0.4) is 0 Å². The first-order valence-corrected chi connectivity index (χ1v) is 4.43. The predicted octanol–water partition coefficient (Wildman–Crippen LogP) is 1.48. The molecule has 4 nitrogen and oxygen atoms in total. The number of rotatable bonds is 2. The van der Waals surface area contributed by atoms with Gasteiger partial charge in [-0.05, 0) is 6.07 Å². The molecule has 1 aromatic heterocycles. The Morgan fingerprint density at radius 2 is 2.19 bits per heavy atom. The van der Waals surface area contributed by atoms with Crippen LogP contribution in [-0.2, 0) is 6.54 Å². The zero-order chi connectivity index (χ0) is 11.5. The molecule has 16 heavy (non-hydrogen) atoms. The second-order valence-electron chi connectivity index (χ2n) is 3.09. The normalized spacial score (nSPS) is 10.1. The fourth-order valence-corrected chi connectivity index (χ4v) is 1.27. The highest BCUT2D eigenvalue weighted by Gasteiger charge is 2.08. The maximum absolute atomic E-state index is 13.3. The molecule has 6 heteroatoms. The van der Waals surface area contributed by atoms with E-state index in [9.17, 15) is 8.78 Å². The minimum atomic E-state index is -0.906. The van der Waals surface area contributed by atoms with Crippen LogP contribution in [0, 0.1) is 23.0 Å². The van der Waals surface area contributed by atoms with Crippen LogP contribution >= 0.6 is 0 Å². The van der Waals surface area contributed by atoms with Gasteiger partial charge >= 0.3 is 0 Å². The van der Waals surface area contributed by atoms with Gasteiger partial charge in [0.05, 0.1) is 6.54 Å². The molecule has 0 spiro atoms. The largest absolute Gasteiger partial charge is 0.252 e. The van der Waals surface area contributed by atoms with Crippen molar-refractivity contribution in [3.05, 3.63) is 47.5 Å². The molecule has 0 saturated carbocycles. The van der Waals surface area contributed by atoms with E-state index in [1.54, 1.807) is 6.07 Å². The van der Waals surface area contributed by atoms with Gasteiger partial charge in [0, 0.05) is 5.56 Å². The van der Waals surface area contributed by atoms with Crippen LogP contribution in [-0.4, -0.2) is 14.8 Å². The fourth-order valence-electron chi connectivity index (χ4n) is 1.27. The molecule has 0 fully saturated rings. The molecule has 0 amide bonds. The van der Waals surface area contributed by atoms with Gasteiger partial charge in [-0.2, -0.15) is 5.26 Å². The van der Waals surface area contributed by atoms with Gasteiger partial charge in [-0.1, -0.05) is 12.1 Å². The van der Waals surface area contributed by atoms with E-state index >= 15 is 0 Å². The Labute approximate surface area is 89.8 Å². The summed E-state index contributed by atoms with van der Waals surface area (Å²) in [7, 11) is 0. The van der Waals surface area contributed by atoms with Crippen molar-refractivity contribution in [2.75, 3.05) is 0 Å². The molecule has 0 aliphatic rings. The van der Waals surface area contributed by atoms with E-state index in [-0.39, 0.29) is 17.9 Å². The summed E-state index contributed by atoms with van der Waals surface area (Å²) in [6, 6.07) is 5.65. The molecular weight excluding hydrogens is 214 g/mol. The highest BCUT2D eigenvalue weighted by Crippen LogP contribution is 2.12. The van der Waals surface area contributed by atoms with Gasteiger partial charge in [-0.15, -0.1) is 5.10 Å². The summed E-state index contributed by atoms with van der Waals surface area (Å²) >= 11 is 0. The minimum Gasteiger partial charge on any atom is -0.247 e.